The Bertz CT molecular complexity index is 1020. The lowest BCUT2D eigenvalue weighted by Gasteiger charge is -2.28. The van der Waals surface area contributed by atoms with Gasteiger partial charge in [0.1, 0.15) is 5.75 Å². The molecule has 2 aromatic rings. The average molecular weight is 485 g/mol. The molecule has 1 saturated heterocycles. The number of hydrogen-bond donors (Lipinski definition) is 1. The topological polar surface area (TPSA) is 75.5 Å². The summed E-state index contributed by atoms with van der Waals surface area (Å²) in [7, 11) is 1.62. The van der Waals surface area contributed by atoms with E-state index >= 15 is 0 Å². The summed E-state index contributed by atoms with van der Waals surface area (Å²) in [6.07, 6.45) is 1.93. The van der Waals surface area contributed by atoms with Gasteiger partial charge in [-0.25, -0.2) is 4.99 Å². The largest absolute Gasteiger partial charge is 0.497 e. The fraction of sp³-hybridized carbons (Fsp3) is 0.423. The van der Waals surface area contributed by atoms with E-state index in [1.54, 1.807) is 7.11 Å². The molecule has 0 aliphatic carbocycles. The number of carbonyl (C=O) groups excluding carboxylic acids is 1. The summed E-state index contributed by atoms with van der Waals surface area (Å²) in [5, 5.41) is 0.664. The number of methoxy groups -OCH3 is 1. The molecule has 34 heavy (non-hydrogen) atoms. The summed E-state index contributed by atoms with van der Waals surface area (Å²) in [4.78, 5) is 29.6. The minimum Gasteiger partial charge on any atom is -0.497 e. The Balaban J connectivity index is 0.00000158. The van der Waals surface area contributed by atoms with Crippen molar-refractivity contribution >= 4 is 29.1 Å². The van der Waals surface area contributed by atoms with Crippen molar-refractivity contribution in [3.63, 3.8) is 0 Å². The summed E-state index contributed by atoms with van der Waals surface area (Å²) in [5.74, 6) is 1.42. The molecule has 2 aliphatic heterocycles. The van der Waals surface area contributed by atoms with Crippen LogP contribution in [0, 0.1) is 0 Å². The Kier molecular flexibility index (Phi) is 9.48. The maximum absolute atomic E-state index is 12.5. The van der Waals surface area contributed by atoms with Crippen LogP contribution in [-0.4, -0.2) is 54.8 Å². The fourth-order valence-electron chi connectivity index (χ4n) is 4.04. The predicted octanol–water partition coefficient (Wildman–Crippen LogP) is 4.87. The Labute approximate surface area is 206 Å². The zero-order valence-corrected chi connectivity index (χ0v) is 21.0. The molecule has 0 bridgehead atoms. The van der Waals surface area contributed by atoms with E-state index in [1.807, 2.05) is 67.3 Å². The van der Waals surface area contributed by atoms with Crippen molar-refractivity contribution in [2.24, 2.45) is 9.98 Å². The molecular weight excluding hydrogens is 452 g/mol. The van der Waals surface area contributed by atoms with Crippen LogP contribution in [0.4, 0.5) is 0 Å². The molecule has 1 N–H and O–H groups in total. The first-order valence-electron chi connectivity index (χ1n) is 11.8. The van der Waals surface area contributed by atoms with E-state index in [0.717, 1.165) is 42.0 Å². The molecule has 0 saturated carbocycles. The van der Waals surface area contributed by atoms with E-state index in [2.05, 4.69) is 17.4 Å². The van der Waals surface area contributed by atoms with E-state index in [-0.39, 0.29) is 18.1 Å². The lowest BCUT2D eigenvalue weighted by atomic mass is 9.99. The number of likely N-dealkylation sites (tertiary alicyclic amines) is 1. The number of hydroxylamine groups is 1. The van der Waals surface area contributed by atoms with Crippen molar-refractivity contribution in [2.45, 2.75) is 52.2 Å². The van der Waals surface area contributed by atoms with Crippen LogP contribution >= 0.6 is 11.6 Å². The third-order valence-electron chi connectivity index (χ3n) is 5.64. The summed E-state index contributed by atoms with van der Waals surface area (Å²) in [5.41, 5.74) is 5.59. The number of carbonyl (C=O) groups is 1. The third-order valence-corrected chi connectivity index (χ3v) is 5.90. The van der Waals surface area contributed by atoms with E-state index in [1.165, 1.54) is 0 Å². The number of nitrogens with one attached hydrogen (secondary N) is 1. The second kappa shape index (κ2) is 12.5. The maximum Gasteiger partial charge on any atom is 0.242 e. The molecule has 2 unspecified atom stereocenters. The number of ether oxygens (including phenoxy) is 1. The molecule has 0 aromatic heterocycles. The number of benzene rings is 2. The van der Waals surface area contributed by atoms with Gasteiger partial charge in [0.2, 0.25) is 11.8 Å². The Morgan fingerprint density at radius 3 is 2.71 bits per heavy atom. The molecular formula is C26H33ClN4O3. The van der Waals surface area contributed by atoms with Gasteiger partial charge < -0.3 is 14.5 Å². The summed E-state index contributed by atoms with van der Waals surface area (Å²) in [6, 6.07) is 15.1. The Morgan fingerprint density at radius 2 is 2.06 bits per heavy atom. The van der Waals surface area contributed by atoms with Gasteiger partial charge in [0.15, 0.2) is 6.17 Å². The van der Waals surface area contributed by atoms with Gasteiger partial charge in [-0.1, -0.05) is 50.6 Å². The lowest BCUT2D eigenvalue weighted by molar-refractivity contribution is -0.128. The standard InChI is InChI=1S/C24H27ClN4O3.C2H6/c1-3-20(29-13-5-8-22(29)30)23(16-9-11-18(25)12-10-16)26-15-21-27-24(32-28-21)17-6-4-7-19(14-17)31-2;1-2/h4,6-7,9-12,14,20-21,28H,3,5,8,13,15H2,1-2H3;1-2H3. The van der Waals surface area contributed by atoms with Crippen molar-refractivity contribution in [2.75, 3.05) is 20.2 Å². The first-order valence-corrected chi connectivity index (χ1v) is 12.2. The molecule has 182 valence electrons. The molecule has 7 nitrogen and oxygen atoms in total. The summed E-state index contributed by atoms with van der Waals surface area (Å²) >= 11 is 6.10. The van der Waals surface area contributed by atoms with Crippen molar-refractivity contribution in [3.8, 4) is 5.75 Å². The van der Waals surface area contributed by atoms with Crippen molar-refractivity contribution in [3.05, 3.63) is 64.7 Å². The van der Waals surface area contributed by atoms with Gasteiger partial charge in [-0.15, -0.1) is 5.48 Å². The van der Waals surface area contributed by atoms with E-state index < -0.39 is 0 Å². The first kappa shape index (κ1) is 25.7. The molecule has 4 rings (SSSR count). The minimum absolute atomic E-state index is 0.0877. The molecule has 0 radical (unpaired) electrons. The quantitative estimate of drug-likeness (QED) is 0.542. The molecule has 8 heteroatoms. The van der Waals surface area contributed by atoms with Crippen LogP contribution in [-0.2, 0) is 9.63 Å². The maximum atomic E-state index is 12.5. The van der Waals surface area contributed by atoms with Crippen molar-refractivity contribution in [1.82, 2.24) is 10.4 Å². The second-order valence-electron chi connectivity index (χ2n) is 7.75. The van der Waals surface area contributed by atoms with E-state index in [9.17, 15) is 4.79 Å². The Morgan fingerprint density at radius 1 is 1.29 bits per heavy atom. The summed E-state index contributed by atoms with van der Waals surface area (Å²) < 4.78 is 5.28. The van der Waals surface area contributed by atoms with Crippen molar-refractivity contribution < 1.29 is 14.4 Å². The van der Waals surface area contributed by atoms with Gasteiger partial charge in [-0.2, -0.15) is 0 Å². The zero-order chi connectivity index (χ0) is 24.5. The molecule has 0 spiro atoms. The van der Waals surface area contributed by atoms with Gasteiger partial charge in [-0.05, 0) is 48.7 Å². The van der Waals surface area contributed by atoms with Gasteiger partial charge in [0.05, 0.1) is 25.4 Å². The van der Waals surface area contributed by atoms with Crippen LogP contribution in [0.25, 0.3) is 0 Å². The van der Waals surface area contributed by atoms with Gasteiger partial charge >= 0.3 is 0 Å². The number of rotatable bonds is 8. The molecule has 2 heterocycles. The second-order valence-corrected chi connectivity index (χ2v) is 8.19. The highest BCUT2D eigenvalue weighted by atomic mass is 35.5. The number of nitrogens with zero attached hydrogens (tertiary/aromatic N) is 3. The van der Waals surface area contributed by atoms with E-state index in [0.29, 0.717) is 23.9 Å². The highest BCUT2D eigenvalue weighted by Gasteiger charge is 2.31. The number of aliphatic imine (C=N–C) groups is 2. The van der Waals surface area contributed by atoms with Crippen LogP contribution in [0.1, 0.15) is 51.2 Å². The van der Waals surface area contributed by atoms with Crippen LogP contribution in [0.5, 0.6) is 5.75 Å². The van der Waals surface area contributed by atoms with Crippen LogP contribution in [0.2, 0.25) is 5.02 Å². The molecule has 1 amide bonds. The predicted molar refractivity (Wildman–Crippen MR) is 137 cm³/mol. The minimum atomic E-state index is -0.328. The van der Waals surface area contributed by atoms with Crippen molar-refractivity contribution in [1.29, 1.82) is 0 Å². The highest BCUT2D eigenvalue weighted by molar-refractivity contribution is 6.30. The summed E-state index contributed by atoms with van der Waals surface area (Å²) in [6.45, 7) is 7.22. The molecule has 1 fully saturated rings. The average Bonchev–Trinajstić information content (AvgIpc) is 3.53. The van der Waals surface area contributed by atoms with Gasteiger partial charge in [0, 0.05) is 23.6 Å². The molecule has 2 aliphatic rings. The smallest absolute Gasteiger partial charge is 0.242 e. The highest BCUT2D eigenvalue weighted by Crippen LogP contribution is 2.22. The number of halogens is 1. The fourth-order valence-corrected chi connectivity index (χ4v) is 4.17. The molecule has 2 aromatic carbocycles. The lowest BCUT2D eigenvalue weighted by Crippen LogP contribution is -2.42. The normalized spacial score (nSPS) is 18.7. The van der Waals surface area contributed by atoms with Crippen LogP contribution < -0.4 is 10.2 Å². The van der Waals surface area contributed by atoms with E-state index in [4.69, 9.17) is 26.2 Å². The number of hydrogen-bond acceptors (Lipinski definition) is 6. The SMILES string of the molecule is CC.CCC(C(=NCC1N=C(c2cccc(OC)c2)ON1)c1ccc(Cl)cc1)N1CCCC1=O. The number of amides is 1. The van der Waals surface area contributed by atoms with Gasteiger partial charge in [-0.3, -0.25) is 9.79 Å². The molecule has 2 atom stereocenters. The zero-order valence-electron chi connectivity index (χ0n) is 20.3. The first-order chi connectivity index (χ1) is 16.6. The Hall–Kier alpha value is -2.90. The van der Waals surface area contributed by atoms with Crippen LogP contribution in [0.15, 0.2) is 58.5 Å². The monoisotopic (exact) mass is 484 g/mol. The third kappa shape index (κ3) is 6.15. The van der Waals surface area contributed by atoms with Crippen LogP contribution in [0.3, 0.4) is 0 Å². The van der Waals surface area contributed by atoms with Gasteiger partial charge in [0.25, 0.3) is 0 Å².